The highest BCUT2D eigenvalue weighted by Gasteiger charge is 1.90. The second-order valence-electron chi connectivity index (χ2n) is 2.35. The highest BCUT2D eigenvalue weighted by molar-refractivity contribution is 5.97. The molecule has 0 aliphatic carbocycles. The van der Waals surface area contributed by atoms with E-state index in [0.717, 1.165) is 6.08 Å². The molecule has 0 aromatic heterocycles. The van der Waals surface area contributed by atoms with Crippen LogP contribution >= 0.6 is 0 Å². The van der Waals surface area contributed by atoms with Gasteiger partial charge < -0.3 is 17.2 Å². The van der Waals surface area contributed by atoms with Gasteiger partial charge in [-0.05, 0) is 6.92 Å². The second kappa shape index (κ2) is 5.90. The molecule has 0 aromatic carbocycles. The van der Waals surface area contributed by atoms with Crippen LogP contribution in [0.25, 0.3) is 0 Å². The molecule has 0 saturated carbocycles. The summed E-state index contributed by atoms with van der Waals surface area (Å²) in [7, 11) is 0. The first-order valence-corrected chi connectivity index (χ1v) is 3.61. The van der Waals surface area contributed by atoms with Gasteiger partial charge in [-0.3, -0.25) is 9.79 Å². The second-order valence-corrected chi connectivity index (χ2v) is 2.35. The third kappa shape index (κ3) is 8.21. The maximum absolute atomic E-state index is 10.8. The van der Waals surface area contributed by atoms with Crippen LogP contribution in [0.15, 0.2) is 22.3 Å². The average molecular weight is 183 g/mol. The SMILES string of the molecule is CC(N)/C=N/C=C/C(=O)N=C(N)N. The Hall–Kier alpha value is -1.69. The molecule has 0 spiro atoms. The van der Waals surface area contributed by atoms with E-state index in [1.54, 1.807) is 6.92 Å². The molecular weight excluding hydrogens is 170 g/mol. The minimum absolute atomic E-state index is 0.150. The zero-order valence-corrected chi connectivity index (χ0v) is 7.34. The Morgan fingerprint density at radius 2 is 2.08 bits per heavy atom. The maximum atomic E-state index is 10.8. The van der Waals surface area contributed by atoms with E-state index in [0.29, 0.717) is 0 Å². The molecule has 0 heterocycles. The van der Waals surface area contributed by atoms with Crippen molar-refractivity contribution in [3.05, 3.63) is 12.3 Å². The molecule has 0 radical (unpaired) electrons. The van der Waals surface area contributed by atoms with E-state index in [4.69, 9.17) is 17.2 Å². The Labute approximate surface area is 76.2 Å². The van der Waals surface area contributed by atoms with Gasteiger partial charge in [-0.1, -0.05) is 0 Å². The number of hydrogen-bond donors (Lipinski definition) is 3. The third-order valence-electron chi connectivity index (χ3n) is 0.864. The van der Waals surface area contributed by atoms with Crippen LogP contribution in [0.1, 0.15) is 6.92 Å². The fourth-order valence-electron chi connectivity index (χ4n) is 0.457. The van der Waals surface area contributed by atoms with E-state index in [1.807, 2.05) is 0 Å². The molecule has 0 aromatic rings. The van der Waals surface area contributed by atoms with Crippen molar-refractivity contribution in [2.24, 2.45) is 27.2 Å². The van der Waals surface area contributed by atoms with E-state index in [1.165, 1.54) is 12.4 Å². The summed E-state index contributed by atoms with van der Waals surface area (Å²) in [6, 6.07) is -0.150. The molecule has 1 atom stereocenters. The lowest BCUT2D eigenvalue weighted by Crippen LogP contribution is -2.23. The lowest BCUT2D eigenvalue weighted by molar-refractivity contribution is -0.113. The quantitative estimate of drug-likeness (QED) is 0.286. The zero-order chi connectivity index (χ0) is 10.3. The predicted molar refractivity (Wildman–Crippen MR) is 52.1 cm³/mol. The number of amides is 1. The molecular formula is C7H13N5O. The van der Waals surface area contributed by atoms with Crippen LogP contribution < -0.4 is 17.2 Å². The lowest BCUT2D eigenvalue weighted by Gasteiger charge is -1.89. The van der Waals surface area contributed by atoms with Crippen LogP contribution in [0.4, 0.5) is 0 Å². The molecule has 1 unspecified atom stereocenters. The van der Waals surface area contributed by atoms with Crippen molar-refractivity contribution in [2.75, 3.05) is 0 Å². The first-order valence-electron chi connectivity index (χ1n) is 3.61. The van der Waals surface area contributed by atoms with Gasteiger partial charge in [0.1, 0.15) is 0 Å². The molecule has 0 saturated heterocycles. The molecule has 0 rings (SSSR count). The number of nitrogens with two attached hydrogens (primary N) is 3. The predicted octanol–water partition coefficient (Wildman–Crippen LogP) is -1.28. The van der Waals surface area contributed by atoms with Crippen molar-refractivity contribution in [2.45, 2.75) is 13.0 Å². The largest absolute Gasteiger partial charge is 0.370 e. The van der Waals surface area contributed by atoms with Crippen LogP contribution in [0, 0.1) is 0 Å². The fraction of sp³-hybridized carbons (Fsp3) is 0.286. The zero-order valence-electron chi connectivity index (χ0n) is 7.34. The Morgan fingerprint density at radius 1 is 1.46 bits per heavy atom. The monoisotopic (exact) mass is 183 g/mol. The van der Waals surface area contributed by atoms with E-state index in [-0.39, 0.29) is 12.0 Å². The molecule has 72 valence electrons. The normalized spacial score (nSPS) is 13.4. The fourth-order valence-corrected chi connectivity index (χ4v) is 0.457. The number of hydrogen-bond acceptors (Lipinski definition) is 3. The van der Waals surface area contributed by atoms with Gasteiger partial charge in [0, 0.05) is 24.5 Å². The number of aliphatic imine (C=N–C) groups is 2. The number of carbonyl (C=O) groups is 1. The van der Waals surface area contributed by atoms with Crippen molar-refractivity contribution < 1.29 is 4.79 Å². The Balaban J connectivity index is 4.00. The van der Waals surface area contributed by atoms with Gasteiger partial charge in [0.05, 0.1) is 0 Å². The Morgan fingerprint density at radius 3 is 2.54 bits per heavy atom. The van der Waals surface area contributed by atoms with Crippen LogP contribution in [0.5, 0.6) is 0 Å². The minimum atomic E-state index is -0.554. The van der Waals surface area contributed by atoms with Crippen LogP contribution in [0.3, 0.4) is 0 Å². The van der Waals surface area contributed by atoms with Crippen molar-refractivity contribution in [1.82, 2.24) is 0 Å². The number of guanidine groups is 1. The first kappa shape index (κ1) is 11.3. The summed E-state index contributed by atoms with van der Waals surface area (Å²) in [4.78, 5) is 17.7. The molecule has 13 heavy (non-hydrogen) atoms. The van der Waals surface area contributed by atoms with E-state index >= 15 is 0 Å². The molecule has 0 fully saturated rings. The molecule has 6 nitrogen and oxygen atoms in total. The van der Waals surface area contributed by atoms with Gasteiger partial charge in [0.2, 0.25) is 0 Å². The first-order chi connectivity index (χ1) is 6.02. The van der Waals surface area contributed by atoms with E-state index in [9.17, 15) is 4.79 Å². The van der Waals surface area contributed by atoms with Gasteiger partial charge in [0.15, 0.2) is 5.96 Å². The van der Waals surface area contributed by atoms with Crippen molar-refractivity contribution >= 4 is 18.1 Å². The van der Waals surface area contributed by atoms with Gasteiger partial charge in [0.25, 0.3) is 5.91 Å². The summed E-state index contributed by atoms with van der Waals surface area (Å²) >= 11 is 0. The highest BCUT2D eigenvalue weighted by Crippen LogP contribution is 1.80. The van der Waals surface area contributed by atoms with Gasteiger partial charge in [-0.15, -0.1) is 0 Å². The van der Waals surface area contributed by atoms with E-state index < -0.39 is 5.91 Å². The highest BCUT2D eigenvalue weighted by atomic mass is 16.1. The smallest absolute Gasteiger partial charge is 0.274 e. The van der Waals surface area contributed by atoms with Crippen LogP contribution in [-0.4, -0.2) is 24.1 Å². The molecule has 0 aliphatic rings. The number of carbonyl (C=O) groups excluding carboxylic acids is 1. The van der Waals surface area contributed by atoms with Crippen molar-refractivity contribution in [3.63, 3.8) is 0 Å². The summed E-state index contributed by atoms with van der Waals surface area (Å²) in [6.45, 7) is 1.76. The minimum Gasteiger partial charge on any atom is -0.370 e. The number of rotatable bonds is 3. The molecule has 0 bridgehead atoms. The van der Waals surface area contributed by atoms with Crippen LogP contribution in [0.2, 0.25) is 0 Å². The Kier molecular flexibility index (Phi) is 5.13. The standard InChI is InChI=1S/C7H13N5O/c1-5(8)4-11-3-2-6(13)12-7(9)10/h2-5H,8H2,1H3,(H4,9,10,12,13)/b3-2+,11-4+. The summed E-state index contributed by atoms with van der Waals surface area (Å²) in [6.07, 6.45) is 3.90. The summed E-state index contributed by atoms with van der Waals surface area (Å²) < 4.78 is 0. The molecule has 6 N–H and O–H groups in total. The summed E-state index contributed by atoms with van der Waals surface area (Å²) in [5.41, 5.74) is 15.3. The summed E-state index contributed by atoms with van der Waals surface area (Å²) in [5.74, 6) is -0.826. The van der Waals surface area contributed by atoms with Crippen LogP contribution in [-0.2, 0) is 4.79 Å². The van der Waals surface area contributed by atoms with Gasteiger partial charge in [-0.2, -0.15) is 4.99 Å². The van der Waals surface area contributed by atoms with Gasteiger partial charge >= 0.3 is 0 Å². The molecule has 0 aliphatic heterocycles. The third-order valence-corrected chi connectivity index (χ3v) is 0.864. The van der Waals surface area contributed by atoms with Crippen molar-refractivity contribution in [1.29, 1.82) is 0 Å². The Bertz CT molecular complexity index is 250. The summed E-state index contributed by atoms with van der Waals surface area (Å²) in [5, 5.41) is 0. The lowest BCUT2D eigenvalue weighted by atomic mass is 10.4. The van der Waals surface area contributed by atoms with Crippen molar-refractivity contribution in [3.8, 4) is 0 Å². The molecule has 1 amide bonds. The topological polar surface area (TPSA) is 120 Å². The maximum Gasteiger partial charge on any atom is 0.274 e. The van der Waals surface area contributed by atoms with E-state index in [2.05, 4.69) is 9.98 Å². The number of nitrogens with zero attached hydrogens (tertiary/aromatic N) is 2. The van der Waals surface area contributed by atoms with Gasteiger partial charge in [-0.25, -0.2) is 0 Å². The average Bonchev–Trinajstić information content (AvgIpc) is 1.96. The molecule has 6 heteroatoms.